The number of thiazole rings is 1. The standard InChI is InChI=1S/C14H24N2O3S/c1-5-9(2)13-12(8-17)20-14(15-13)16-6-10(18-3)11(7-16)19-4/h9-11,17H,5-8H2,1-4H3. The van der Waals surface area contributed by atoms with Gasteiger partial charge in [0.15, 0.2) is 5.13 Å². The molecule has 0 saturated carbocycles. The summed E-state index contributed by atoms with van der Waals surface area (Å²) in [5.41, 5.74) is 1.03. The predicted octanol–water partition coefficient (Wildman–Crippen LogP) is 2.00. The monoisotopic (exact) mass is 300 g/mol. The van der Waals surface area contributed by atoms with Crippen LogP contribution in [0, 0.1) is 0 Å². The highest BCUT2D eigenvalue weighted by atomic mass is 32.1. The molecule has 1 aliphatic heterocycles. The fourth-order valence-corrected chi connectivity index (χ4v) is 3.59. The molecule has 1 saturated heterocycles. The Bertz CT molecular complexity index is 426. The number of anilines is 1. The van der Waals surface area contributed by atoms with Crippen molar-refractivity contribution in [2.45, 2.75) is 45.0 Å². The Morgan fingerprint density at radius 2 is 1.95 bits per heavy atom. The summed E-state index contributed by atoms with van der Waals surface area (Å²) < 4.78 is 10.9. The van der Waals surface area contributed by atoms with Crippen molar-refractivity contribution in [2.75, 3.05) is 32.2 Å². The molecule has 114 valence electrons. The largest absolute Gasteiger partial charge is 0.391 e. The molecule has 20 heavy (non-hydrogen) atoms. The van der Waals surface area contributed by atoms with Gasteiger partial charge in [0.25, 0.3) is 0 Å². The normalized spacial score (nSPS) is 24.4. The van der Waals surface area contributed by atoms with Gasteiger partial charge in [-0.3, -0.25) is 0 Å². The lowest BCUT2D eigenvalue weighted by atomic mass is 10.0. The first-order valence-corrected chi connectivity index (χ1v) is 7.87. The summed E-state index contributed by atoms with van der Waals surface area (Å²) >= 11 is 1.58. The lowest BCUT2D eigenvalue weighted by Crippen LogP contribution is -2.27. The molecule has 1 N–H and O–H groups in total. The second-order valence-corrected chi connectivity index (χ2v) is 6.29. The minimum Gasteiger partial charge on any atom is -0.391 e. The fraction of sp³-hybridized carbons (Fsp3) is 0.786. The van der Waals surface area contributed by atoms with Crippen LogP contribution in [0.4, 0.5) is 5.13 Å². The Balaban J connectivity index is 2.19. The molecule has 1 aromatic rings. The number of aromatic nitrogens is 1. The van der Waals surface area contributed by atoms with Gasteiger partial charge in [-0.2, -0.15) is 0 Å². The summed E-state index contributed by atoms with van der Waals surface area (Å²) in [6.45, 7) is 5.92. The van der Waals surface area contributed by atoms with Crippen molar-refractivity contribution in [3.63, 3.8) is 0 Å². The van der Waals surface area contributed by atoms with Crippen LogP contribution < -0.4 is 4.90 Å². The van der Waals surface area contributed by atoms with Crippen LogP contribution in [0.15, 0.2) is 0 Å². The highest BCUT2D eigenvalue weighted by Gasteiger charge is 2.35. The number of hydrogen-bond donors (Lipinski definition) is 1. The van der Waals surface area contributed by atoms with Crippen LogP contribution in [0.1, 0.15) is 36.8 Å². The summed E-state index contributed by atoms with van der Waals surface area (Å²) in [5.74, 6) is 0.376. The number of ether oxygens (including phenoxy) is 2. The zero-order valence-electron chi connectivity index (χ0n) is 12.6. The Morgan fingerprint density at radius 1 is 1.35 bits per heavy atom. The first-order chi connectivity index (χ1) is 9.64. The number of aliphatic hydroxyl groups excluding tert-OH is 1. The maximum atomic E-state index is 9.52. The Kier molecular flexibility index (Phi) is 5.37. The van der Waals surface area contributed by atoms with Gasteiger partial charge in [-0.1, -0.05) is 25.2 Å². The summed E-state index contributed by atoms with van der Waals surface area (Å²) in [7, 11) is 3.43. The summed E-state index contributed by atoms with van der Waals surface area (Å²) in [6.07, 6.45) is 1.18. The molecule has 3 atom stereocenters. The minimum absolute atomic E-state index is 0.0621. The van der Waals surface area contributed by atoms with Gasteiger partial charge in [-0.05, 0) is 12.3 Å². The highest BCUT2D eigenvalue weighted by molar-refractivity contribution is 7.15. The molecule has 0 radical (unpaired) electrons. The highest BCUT2D eigenvalue weighted by Crippen LogP contribution is 2.34. The second kappa shape index (κ2) is 6.85. The van der Waals surface area contributed by atoms with E-state index in [-0.39, 0.29) is 18.8 Å². The molecule has 1 aliphatic rings. The molecule has 0 spiro atoms. The SMILES string of the molecule is CCC(C)c1nc(N2CC(OC)C(OC)C2)sc1CO. The minimum atomic E-state index is 0.0621. The molecule has 0 aliphatic carbocycles. The Morgan fingerprint density at radius 3 is 2.40 bits per heavy atom. The van der Waals surface area contributed by atoms with Crippen molar-refractivity contribution < 1.29 is 14.6 Å². The molecule has 2 rings (SSSR count). The van der Waals surface area contributed by atoms with Crippen LogP contribution in [-0.2, 0) is 16.1 Å². The third-order valence-electron chi connectivity index (χ3n) is 4.03. The van der Waals surface area contributed by atoms with Crippen molar-refractivity contribution in [2.24, 2.45) is 0 Å². The average molecular weight is 300 g/mol. The van der Waals surface area contributed by atoms with Gasteiger partial charge in [0.1, 0.15) is 12.2 Å². The third-order valence-corrected chi connectivity index (χ3v) is 5.15. The second-order valence-electron chi connectivity index (χ2n) is 5.23. The first kappa shape index (κ1) is 15.7. The van der Waals surface area contributed by atoms with Gasteiger partial charge < -0.3 is 19.5 Å². The van der Waals surface area contributed by atoms with E-state index in [1.807, 2.05) is 0 Å². The van der Waals surface area contributed by atoms with Crippen molar-refractivity contribution in [3.8, 4) is 0 Å². The molecule has 0 bridgehead atoms. The first-order valence-electron chi connectivity index (χ1n) is 7.05. The Hall–Kier alpha value is -0.690. The molecule has 6 heteroatoms. The van der Waals surface area contributed by atoms with Crippen LogP contribution in [0.2, 0.25) is 0 Å². The predicted molar refractivity (Wildman–Crippen MR) is 80.5 cm³/mol. The van der Waals surface area contributed by atoms with E-state index in [9.17, 15) is 5.11 Å². The van der Waals surface area contributed by atoms with E-state index in [4.69, 9.17) is 14.5 Å². The van der Waals surface area contributed by atoms with Gasteiger partial charge in [0, 0.05) is 27.3 Å². The summed E-state index contributed by atoms with van der Waals surface area (Å²) in [6, 6.07) is 0. The van der Waals surface area contributed by atoms with Gasteiger partial charge >= 0.3 is 0 Å². The zero-order chi connectivity index (χ0) is 14.7. The fourth-order valence-electron chi connectivity index (χ4n) is 2.53. The molecule has 2 heterocycles. The number of methoxy groups -OCH3 is 2. The van der Waals surface area contributed by atoms with E-state index in [1.165, 1.54) is 0 Å². The van der Waals surface area contributed by atoms with E-state index in [1.54, 1.807) is 25.6 Å². The number of hydrogen-bond acceptors (Lipinski definition) is 6. The maximum Gasteiger partial charge on any atom is 0.186 e. The van der Waals surface area contributed by atoms with E-state index in [0.29, 0.717) is 5.92 Å². The number of rotatable bonds is 6. The van der Waals surface area contributed by atoms with Crippen molar-refractivity contribution in [3.05, 3.63) is 10.6 Å². The van der Waals surface area contributed by atoms with Gasteiger partial charge in [-0.15, -0.1) is 0 Å². The lowest BCUT2D eigenvalue weighted by Gasteiger charge is -2.13. The smallest absolute Gasteiger partial charge is 0.186 e. The van der Waals surface area contributed by atoms with E-state index < -0.39 is 0 Å². The maximum absolute atomic E-state index is 9.52. The van der Waals surface area contributed by atoms with Crippen LogP contribution >= 0.6 is 11.3 Å². The Labute approximate surface area is 124 Å². The van der Waals surface area contributed by atoms with Crippen molar-refractivity contribution >= 4 is 16.5 Å². The molecule has 5 nitrogen and oxygen atoms in total. The van der Waals surface area contributed by atoms with E-state index in [2.05, 4.69) is 18.7 Å². The van der Waals surface area contributed by atoms with Crippen LogP contribution in [0.25, 0.3) is 0 Å². The van der Waals surface area contributed by atoms with Crippen LogP contribution in [0.5, 0.6) is 0 Å². The lowest BCUT2D eigenvalue weighted by molar-refractivity contribution is -0.00461. The number of nitrogens with zero attached hydrogens (tertiary/aromatic N) is 2. The molecule has 1 aromatic heterocycles. The average Bonchev–Trinajstić information content (AvgIpc) is 3.09. The van der Waals surface area contributed by atoms with Crippen LogP contribution in [-0.4, -0.2) is 49.6 Å². The molecular weight excluding hydrogens is 276 g/mol. The molecular formula is C14H24N2O3S. The quantitative estimate of drug-likeness (QED) is 0.871. The molecule has 0 amide bonds. The van der Waals surface area contributed by atoms with Gasteiger partial charge in [0.05, 0.1) is 17.2 Å². The van der Waals surface area contributed by atoms with Crippen molar-refractivity contribution in [1.82, 2.24) is 4.98 Å². The van der Waals surface area contributed by atoms with E-state index in [0.717, 1.165) is 35.2 Å². The summed E-state index contributed by atoms with van der Waals surface area (Å²) in [5, 5.41) is 10.5. The molecule has 0 aromatic carbocycles. The van der Waals surface area contributed by atoms with Gasteiger partial charge in [-0.25, -0.2) is 4.98 Å². The topological polar surface area (TPSA) is 54.8 Å². The van der Waals surface area contributed by atoms with Crippen molar-refractivity contribution in [1.29, 1.82) is 0 Å². The summed E-state index contributed by atoms with van der Waals surface area (Å²) in [4.78, 5) is 7.91. The molecule has 3 unspecified atom stereocenters. The number of aliphatic hydroxyl groups is 1. The van der Waals surface area contributed by atoms with Crippen LogP contribution in [0.3, 0.4) is 0 Å². The van der Waals surface area contributed by atoms with Gasteiger partial charge in [0.2, 0.25) is 0 Å². The third kappa shape index (κ3) is 2.98. The van der Waals surface area contributed by atoms with E-state index >= 15 is 0 Å². The zero-order valence-corrected chi connectivity index (χ0v) is 13.4. The molecule has 1 fully saturated rings.